The van der Waals surface area contributed by atoms with Gasteiger partial charge >= 0.3 is 5.97 Å². The van der Waals surface area contributed by atoms with E-state index in [9.17, 15) is 14.4 Å². The molecule has 0 saturated heterocycles. The first-order valence-corrected chi connectivity index (χ1v) is 9.19. The van der Waals surface area contributed by atoms with Gasteiger partial charge in [0.05, 0.1) is 21.5 Å². The van der Waals surface area contributed by atoms with Crippen molar-refractivity contribution < 1.29 is 19.1 Å². The third kappa shape index (κ3) is 4.71. The average Bonchev–Trinajstić information content (AvgIpc) is 3.26. The summed E-state index contributed by atoms with van der Waals surface area (Å²) in [4.78, 5) is 40.2. The van der Waals surface area contributed by atoms with E-state index in [0.717, 1.165) is 10.2 Å². The lowest BCUT2D eigenvalue weighted by atomic mass is 10.2. The largest absolute Gasteiger partial charge is 0.456 e. The molecule has 8 heteroatoms. The van der Waals surface area contributed by atoms with E-state index in [1.807, 2.05) is 24.3 Å². The molecule has 0 aliphatic heterocycles. The molecule has 2 aromatic heterocycles. The second kappa shape index (κ2) is 8.00. The molecule has 0 spiro atoms. The molecule has 3 aromatic rings. The fourth-order valence-corrected chi connectivity index (χ4v) is 3.65. The summed E-state index contributed by atoms with van der Waals surface area (Å²) in [5, 5.41) is 4.86. The highest BCUT2D eigenvalue weighted by Crippen LogP contribution is 2.25. The van der Waals surface area contributed by atoms with Gasteiger partial charge in [0.25, 0.3) is 5.91 Å². The number of para-hydroxylation sites is 1. The van der Waals surface area contributed by atoms with E-state index in [1.165, 1.54) is 22.7 Å². The first-order chi connectivity index (χ1) is 12.1. The van der Waals surface area contributed by atoms with Crippen LogP contribution in [0, 0.1) is 0 Å². The minimum absolute atomic E-state index is 0.0504. The molecule has 6 nitrogen and oxygen atoms in total. The van der Waals surface area contributed by atoms with Gasteiger partial charge in [-0.25, -0.2) is 4.98 Å². The number of esters is 1. The van der Waals surface area contributed by atoms with Gasteiger partial charge in [0.15, 0.2) is 17.5 Å². The summed E-state index contributed by atoms with van der Waals surface area (Å²) in [5.74, 6) is -1.15. The number of fused-ring (bicyclic) bond motifs is 1. The van der Waals surface area contributed by atoms with Gasteiger partial charge in [0.1, 0.15) is 0 Å². The number of carbonyl (C=O) groups is 3. The molecular weight excluding hydrogens is 360 g/mol. The first-order valence-electron chi connectivity index (χ1n) is 7.49. The zero-order valence-corrected chi connectivity index (χ0v) is 14.7. The maximum Gasteiger partial charge on any atom is 0.306 e. The number of thiazole rings is 1. The Balaban J connectivity index is 1.42. The number of ketones is 1. The quantitative estimate of drug-likeness (QED) is 0.505. The highest BCUT2D eigenvalue weighted by molar-refractivity contribution is 7.22. The molecule has 0 atom stereocenters. The van der Waals surface area contributed by atoms with E-state index in [0.29, 0.717) is 10.0 Å². The Bertz CT molecular complexity index is 869. The second-order valence-electron chi connectivity index (χ2n) is 5.10. The highest BCUT2D eigenvalue weighted by atomic mass is 32.1. The maximum atomic E-state index is 11.8. The number of hydrogen-bond acceptors (Lipinski definition) is 7. The lowest BCUT2D eigenvalue weighted by molar-refractivity contribution is -0.147. The third-order valence-electron chi connectivity index (χ3n) is 3.26. The molecule has 0 aliphatic carbocycles. The fraction of sp³-hybridized carbons (Fsp3) is 0.176. The lowest BCUT2D eigenvalue weighted by Gasteiger charge is -2.04. The van der Waals surface area contributed by atoms with Gasteiger partial charge < -0.3 is 4.74 Å². The molecule has 3 rings (SSSR count). The summed E-state index contributed by atoms with van der Waals surface area (Å²) >= 11 is 2.68. The minimum atomic E-state index is -0.579. The van der Waals surface area contributed by atoms with Crippen molar-refractivity contribution in [3.05, 3.63) is 46.7 Å². The number of anilines is 1. The van der Waals surface area contributed by atoms with Crippen LogP contribution in [0.5, 0.6) is 0 Å². The van der Waals surface area contributed by atoms with E-state index in [1.54, 1.807) is 17.5 Å². The number of benzene rings is 1. The monoisotopic (exact) mass is 374 g/mol. The Hall–Kier alpha value is -2.58. The predicted octanol–water partition coefficient (Wildman–Crippen LogP) is 3.50. The highest BCUT2D eigenvalue weighted by Gasteiger charge is 2.13. The van der Waals surface area contributed by atoms with Crippen LogP contribution in [-0.4, -0.2) is 29.3 Å². The van der Waals surface area contributed by atoms with E-state index < -0.39 is 18.5 Å². The lowest BCUT2D eigenvalue weighted by Crippen LogP contribution is -2.21. The molecular formula is C17H14N2O4S2. The number of thiophene rings is 1. The van der Waals surface area contributed by atoms with Crippen molar-refractivity contribution in [3.8, 4) is 0 Å². The number of Topliss-reactive ketones (excluding diaryl/α,β-unsaturated/α-hetero) is 1. The van der Waals surface area contributed by atoms with Crippen LogP contribution < -0.4 is 5.32 Å². The number of aromatic nitrogens is 1. The van der Waals surface area contributed by atoms with Gasteiger partial charge in [-0.15, -0.1) is 11.3 Å². The van der Waals surface area contributed by atoms with Crippen LogP contribution in [0.2, 0.25) is 0 Å². The maximum absolute atomic E-state index is 11.8. The SMILES string of the molecule is O=C(COC(=O)CCC(=O)c1cccs1)Nc1nc2ccccc2s1. The number of hydrogen-bond donors (Lipinski definition) is 1. The predicted molar refractivity (Wildman–Crippen MR) is 97.1 cm³/mol. The topological polar surface area (TPSA) is 85.4 Å². The summed E-state index contributed by atoms with van der Waals surface area (Å²) in [6.45, 7) is -0.401. The molecule has 0 radical (unpaired) electrons. The molecule has 25 heavy (non-hydrogen) atoms. The molecule has 1 aromatic carbocycles. The smallest absolute Gasteiger partial charge is 0.306 e. The summed E-state index contributed by atoms with van der Waals surface area (Å²) in [6, 6.07) is 11.0. The molecule has 0 bridgehead atoms. The minimum Gasteiger partial charge on any atom is -0.456 e. The van der Waals surface area contributed by atoms with E-state index >= 15 is 0 Å². The van der Waals surface area contributed by atoms with Crippen molar-refractivity contribution in [2.45, 2.75) is 12.8 Å². The summed E-state index contributed by atoms with van der Waals surface area (Å²) in [5.41, 5.74) is 0.798. The standard InChI is InChI=1S/C17H14N2O4S2/c20-12(14-6-3-9-24-14)7-8-16(22)23-10-15(21)19-17-18-11-4-1-2-5-13(11)25-17/h1-6,9H,7-8,10H2,(H,18,19,21). The van der Waals surface area contributed by atoms with Gasteiger partial charge in [-0.2, -0.15) is 0 Å². The van der Waals surface area contributed by atoms with E-state index in [4.69, 9.17) is 4.74 Å². The van der Waals surface area contributed by atoms with Gasteiger partial charge in [0.2, 0.25) is 0 Å². The van der Waals surface area contributed by atoms with E-state index in [2.05, 4.69) is 10.3 Å². The van der Waals surface area contributed by atoms with Crippen molar-refractivity contribution in [1.29, 1.82) is 0 Å². The van der Waals surface area contributed by atoms with Crippen LogP contribution in [0.1, 0.15) is 22.5 Å². The Labute approximate surface area is 151 Å². The number of rotatable bonds is 7. The van der Waals surface area contributed by atoms with E-state index in [-0.39, 0.29) is 18.6 Å². The Morgan fingerprint density at radius 1 is 1.08 bits per heavy atom. The number of ether oxygens (including phenoxy) is 1. The van der Waals surface area contributed by atoms with Crippen molar-refractivity contribution >= 4 is 55.7 Å². The second-order valence-corrected chi connectivity index (χ2v) is 7.07. The molecule has 1 amide bonds. The normalized spacial score (nSPS) is 10.6. The molecule has 1 N–H and O–H groups in total. The Morgan fingerprint density at radius 3 is 2.68 bits per heavy atom. The zero-order chi connectivity index (χ0) is 17.6. The molecule has 0 saturated carbocycles. The molecule has 128 valence electrons. The van der Waals surface area contributed by atoms with Crippen molar-refractivity contribution in [2.75, 3.05) is 11.9 Å². The van der Waals surface area contributed by atoms with Crippen molar-refractivity contribution in [3.63, 3.8) is 0 Å². The van der Waals surface area contributed by atoms with Gasteiger partial charge in [-0.3, -0.25) is 19.7 Å². The van der Waals surface area contributed by atoms with Gasteiger partial charge in [-0.05, 0) is 23.6 Å². The summed E-state index contributed by atoms with van der Waals surface area (Å²) in [6.07, 6.45) is 0.0178. The van der Waals surface area contributed by atoms with Crippen molar-refractivity contribution in [2.24, 2.45) is 0 Å². The summed E-state index contributed by atoms with van der Waals surface area (Å²) < 4.78 is 5.85. The summed E-state index contributed by atoms with van der Waals surface area (Å²) in [7, 11) is 0. The molecule has 2 heterocycles. The fourth-order valence-electron chi connectivity index (χ4n) is 2.08. The average molecular weight is 374 g/mol. The third-order valence-corrected chi connectivity index (χ3v) is 5.12. The van der Waals surface area contributed by atoms with Crippen LogP contribution in [0.4, 0.5) is 5.13 Å². The Kier molecular flexibility index (Phi) is 5.52. The van der Waals surface area contributed by atoms with Crippen LogP contribution in [0.3, 0.4) is 0 Å². The van der Waals surface area contributed by atoms with Crippen molar-refractivity contribution in [1.82, 2.24) is 4.98 Å². The number of amides is 1. The molecule has 0 fully saturated rings. The van der Waals surface area contributed by atoms with Crippen LogP contribution in [0.25, 0.3) is 10.2 Å². The molecule has 0 aliphatic rings. The van der Waals surface area contributed by atoms with Crippen LogP contribution in [-0.2, 0) is 14.3 Å². The Morgan fingerprint density at radius 2 is 1.92 bits per heavy atom. The number of nitrogens with zero attached hydrogens (tertiary/aromatic N) is 1. The van der Waals surface area contributed by atoms with Gasteiger partial charge in [0, 0.05) is 6.42 Å². The van der Waals surface area contributed by atoms with Gasteiger partial charge in [-0.1, -0.05) is 29.5 Å². The van der Waals surface area contributed by atoms with Crippen LogP contribution in [0.15, 0.2) is 41.8 Å². The first kappa shape index (κ1) is 17.2. The molecule has 0 unspecified atom stereocenters. The number of nitrogens with one attached hydrogen (secondary N) is 1. The van der Waals surface area contributed by atoms with Crippen LogP contribution >= 0.6 is 22.7 Å². The number of carbonyl (C=O) groups excluding carboxylic acids is 3. The zero-order valence-electron chi connectivity index (χ0n) is 13.1.